The number of benzene rings is 1. The van der Waals surface area contributed by atoms with Gasteiger partial charge >= 0.3 is 6.18 Å². The number of hydrogen-bond acceptors (Lipinski definition) is 3. The minimum atomic E-state index is -4.13. The fourth-order valence-corrected chi connectivity index (χ4v) is 2.41. The van der Waals surface area contributed by atoms with Gasteiger partial charge in [0.15, 0.2) is 0 Å². The average molecular weight is 289 g/mol. The number of fused-ring (bicyclic) bond motifs is 1. The van der Waals surface area contributed by atoms with Gasteiger partial charge < -0.3 is 15.2 Å². The third-order valence-corrected chi connectivity index (χ3v) is 3.47. The molecular formula is C14H18F3NO2. The zero-order valence-corrected chi connectivity index (χ0v) is 11.2. The zero-order chi connectivity index (χ0) is 14.8. The Bertz CT molecular complexity index is 462. The molecule has 2 N–H and O–H groups in total. The number of rotatable bonds is 5. The summed E-state index contributed by atoms with van der Waals surface area (Å²) in [5.74, 6) is 0.719. The molecule has 1 aromatic rings. The van der Waals surface area contributed by atoms with Gasteiger partial charge in [0.1, 0.15) is 5.75 Å². The summed E-state index contributed by atoms with van der Waals surface area (Å²) in [5, 5.41) is 0. The Labute approximate surface area is 115 Å². The van der Waals surface area contributed by atoms with Crippen LogP contribution in [0.15, 0.2) is 18.2 Å². The van der Waals surface area contributed by atoms with E-state index in [0.29, 0.717) is 6.42 Å². The lowest BCUT2D eigenvalue weighted by Gasteiger charge is -2.17. The average Bonchev–Trinajstić information content (AvgIpc) is 2.70. The van der Waals surface area contributed by atoms with E-state index in [1.807, 2.05) is 18.2 Å². The van der Waals surface area contributed by atoms with Crippen LogP contribution in [0.4, 0.5) is 13.2 Å². The number of ether oxygens (including phenoxy) is 2. The van der Waals surface area contributed by atoms with Crippen LogP contribution in [-0.2, 0) is 11.2 Å². The van der Waals surface area contributed by atoms with Crippen molar-refractivity contribution in [2.75, 3.05) is 13.7 Å². The SMILES string of the molecule is COc1ccc2c(c1)C(N)C(OCCCC(F)(F)F)C2. The first-order chi connectivity index (χ1) is 9.40. The van der Waals surface area contributed by atoms with Gasteiger partial charge in [-0.2, -0.15) is 13.2 Å². The van der Waals surface area contributed by atoms with Crippen molar-refractivity contribution in [3.05, 3.63) is 29.3 Å². The highest BCUT2D eigenvalue weighted by atomic mass is 19.4. The lowest BCUT2D eigenvalue weighted by atomic mass is 10.1. The van der Waals surface area contributed by atoms with Crippen LogP contribution in [-0.4, -0.2) is 26.0 Å². The van der Waals surface area contributed by atoms with E-state index in [-0.39, 0.29) is 25.2 Å². The van der Waals surface area contributed by atoms with Crippen molar-refractivity contribution in [2.24, 2.45) is 5.73 Å². The molecule has 112 valence electrons. The van der Waals surface area contributed by atoms with Crippen molar-refractivity contribution in [1.82, 2.24) is 0 Å². The van der Waals surface area contributed by atoms with Crippen molar-refractivity contribution < 1.29 is 22.6 Å². The number of methoxy groups -OCH3 is 1. The van der Waals surface area contributed by atoms with Crippen LogP contribution in [0.3, 0.4) is 0 Å². The van der Waals surface area contributed by atoms with Gasteiger partial charge in [-0.3, -0.25) is 0 Å². The van der Waals surface area contributed by atoms with Crippen LogP contribution >= 0.6 is 0 Å². The summed E-state index contributed by atoms with van der Waals surface area (Å²) in [7, 11) is 1.58. The first-order valence-electron chi connectivity index (χ1n) is 6.51. The van der Waals surface area contributed by atoms with Gasteiger partial charge in [0.05, 0.1) is 19.3 Å². The number of hydrogen-bond donors (Lipinski definition) is 1. The second-order valence-corrected chi connectivity index (χ2v) is 4.92. The van der Waals surface area contributed by atoms with Crippen molar-refractivity contribution in [3.63, 3.8) is 0 Å². The van der Waals surface area contributed by atoms with Gasteiger partial charge in [-0.15, -0.1) is 0 Å². The Kier molecular flexibility index (Phi) is 4.55. The molecule has 0 aromatic heterocycles. The standard InChI is InChI=1S/C14H18F3NO2/c1-19-10-4-3-9-7-12(13(18)11(9)8-10)20-6-2-5-14(15,16)17/h3-4,8,12-13H,2,5-7,18H2,1H3. The molecule has 2 atom stereocenters. The fourth-order valence-electron chi connectivity index (χ4n) is 2.41. The summed E-state index contributed by atoms with van der Waals surface area (Å²) in [6.07, 6.45) is -4.61. The lowest BCUT2D eigenvalue weighted by molar-refractivity contribution is -0.139. The minimum absolute atomic E-state index is 0.0353. The van der Waals surface area contributed by atoms with Gasteiger partial charge in [-0.05, 0) is 29.7 Å². The highest BCUT2D eigenvalue weighted by Gasteiger charge is 2.31. The number of nitrogens with two attached hydrogens (primary N) is 1. The quantitative estimate of drug-likeness (QED) is 0.848. The van der Waals surface area contributed by atoms with Crippen LogP contribution in [0, 0.1) is 0 Å². The topological polar surface area (TPSA) is 44.5 Å². The molecular weight excluding hydrogens is 271 g/mol. The Hall–Kier alpha value is -1.27. The van der Waals surface area contributed by atoms with Crippen LogP contribution in [0.25, 0.3) is 0 Å². The molecule has 0 heterocycles. The molecule has 20 heavy (non-hydrogen) atoms. The molecule has 0 saturated carbocycles. The van der Waals surface area contributed by atoms with Crippen LogP contribution in [0.2, 0.25) is 0 Å². The summed E-state index contributed by atoms with van der Waals surface area (Å²) in [4.78, 5) is 0. The van der Waals surface area contributed by atoms with Crippen LogP contribution in [0.5, 0.6) is 5.75 Å². The summed E-state index contributed by atoms with van der Waals surface area (Å²) in [6, 6.07) is 5.31. The molecule has 0 aliphatic heterocycles. The molecule has 2 rings (SSSR count). The predicted molar refractivity (Wildman–Crippen MR) is 68.7 cm³/mol. The largest absolute Gasteiger partial charge is 0.497 e. The zero-order valence-electron chi connectivity index (χ0n) is 11.2. The van der Waals surface area contributed by atoms with Gasteiger partial charge in [-0.25, -0.2) is 0 Å². The maximum atomic E-state index is 12.0. The molecule has 3 nitrogen and oxygen atoms in total. The molecule has 0 bridgehead atoms. The Morgan fingerprint density at radius 1 is 1.35 bits per heavy atom. The summed E-state index contributed by atoms with van der Waals surface area (Å²) >= 11 is 0. The molecule has 0 radical (unpaired) electrons. The molecule has 0 fully saturated rings. The van der Waals surface area contributed by atoms with Gasteiger partial charge in [0.2, 0.25) is 0 Å². The van der Waals surface area contributed by atoms with E-state index < -0.39 is 12.6 Å². The van der Waals surface area contributed by atoms with Gasteiger partial charge in [-0.1, -0.05) is 6.07 Å². The molecule has 1 aliphatic carbocycles. The first kappa shape index (κ1) is 15.1. The van der Waals surface area contributed by atoms with E-state index in [2.05, 4.69) is 0 Å². The highest BCUT2D eigenvalue weighted by Crippen LogP contribution is 2.34. The van der Waals surface area contributed by atoms with Crippen molar-refractivity contribution >= 4 is 0 Å². The second kappa shape index (κ2) is 6.01. The molecule has 0 amide bonds. The summed E-state index contributed by atoms with van der Waals surface area (Å²) < 4.78 is 46.8. The second-order valence-electron chi connectivity index (χ2n) is 4.92. The minimum Gasteiger partial charge on any atom is -0.497 e. The smallest absolute Gasteiger partial charge is 0.389 e. The summed E-state index contributed by atoms with van der Waals surface area (Å²) in [6.45, 7) is 0.0724. The number of halogens is 3. The van der Waals surface area contributed by atoms with Crippen LogP contribution in [0.1, 0.15) is 30.0 Å². The molecule has 6 heteroatoms. The van der Waals surface area contributed by atoms with Crippen molar-refractivity contribution in [1.29, 1.82) is 0 Å². The number of alkyl halides is 3. The molecule has 0 saturated heterocycles. The molecule has 1 aromatic carbocycles. The van der Waals surface area contributed by atoms with Gasteiger partial charge in [0.25, 0.3) is 0 Å². The van der Waals surface area contributed by atoms with Gasteiger partial charge in [0, 0.05) is 19.4 Å². The Morgan fingerprint density at radius 3 is 2.75 bits per heavy atom. The van der Waals surface area contributed by atoms with E-state index in [4.69, 9.17) is 15.2 Å². The first-order valence-corrected chi connectivity index (χ1v) is 6.51. The molecule has 0 spiro atoms. The van der Waals surface area contributed by atoms with E-state index >= 15 is 0 Å². The normalized spacial score (nSPS) is 21.9. The maximum absolute atomic E-state index is 12.0. The van der Waals surface area contributed by atoms with E-state index in [1.54, 1.807) is 7.11 Å². The third kappa shape index (κ3) is 3.64. The van der Waals surface area contributed by atoms with E-state index in [1.165, 1.54) is 0 Å². The van der Waals surface area contributed by atoms with Crippen molar-refractivity contribution in [2.45, 2.75) is 37.6 Å². The monoisotopic (exact) mass is 289 g/mol. The maximum Gasteiger partial charge on any atom is 0.389 e. The van der Waals surface area contributed by atoms with E-state index in [0.717, 1.165) is 16.9 Å². The van der Waals surface area contributed by atoms with Crippen molar-refractivity contribution in [3.8, 4) is 5.75 Å². The molecule has 2 unspecified atom stereocenters. The third-order valence-electron chi connectivity index (χ3n) is 3.47. The highest BCUT2D eigenvalue weighted by molar-refractivity contribution is 5.42. The molecule has 1 aliphatic rings. The fraction of sp³-hybridized carbons (Fsp3) is 0.571. The van der Waals surface area contributed by atoms with E-state index in [9.17, 15) is 13.2 Å². The Morgan fingerprint density at radius 2 is 2.10 bits per heavy atom. The lowest BCUT2D eigenvalue weighted by Crippen LogP contribution is -2.26. The predicted octanol–water partition coefficient (Wildman–Crippen LogP) is 2.98. The summed E-state index contributed by atoms with van der Waals surface area (Å²) in [5.41, 5.74) is 8.10. The Balaban J connectivity index is 1.87. The van der Waals surface area contributed by atoms with Crippen LogP contribution < -0.4 is 10.5 Å².